The van der Waals surface area contributed by atoms with Gasteiger partial charge in [-0.2, -0.15) is 0 Å². The molecule has 0 saturated heterocycles. The molecular weight excluding hydrogens is 298 g/mol. The topological polar surface area (TPSA) is 32.7 Å². The lowest BCUT2D eigenvalue weighted by molar-refractivity contribution is 0.121. The maximum Gasteiger partial charge on any atom is 0.127 e. The van der Waals surface area contributed by atoms with Crippen molar-refractivity contribution in [1.82, 2.24) is 0 Å². The van der Waals surface area contributed by atoms with E-state index in [1.165, 1.54) is 11.3 Å². The van der Waals surface area contributed by atoms with Gasteiger partial charge < -0.3 is 14.7 Å². The number of nitrogens with zero attached hydrogens (tertiary/aromatic N) is 1. The highest BCUT2D eigenvalue weighted by Gasteiger charge is 2.44. The zero-order chi connectivity index (χ0) is 17.8. The summed E-state index contributed by atoms with van der Waals surface area (Å²) in [5.41, 5.74) is 6.04. The van der Waals surface area contributed by atoms with Gasteiger partial charge in [0.15, 0.2) is 0 Å². The van der Waals surface area contributed by atoms with Crippen LogP contribution in [0.4, 0.5) is 5.69 Å². The van der Waals surface area contributed by atoms with Crippen molar-refractivity contribution >= 4 is 5.69 Å². The van der Waals surface area contributed by atoms with E-state index >= 15 is 0 Å². The summed E-state index contributed by atoms with van der Waals surface area (Å²) in [4.78, 5) is 2.10. The fraction of sp³-hybridized carbons (Fsp3) is 0.429. The van der Waals surface area contributed by atoms with Crippen LogP contribution in [0.15, 0.2) is 24.3 Å². The standard InChI is InChI=1S/C21H27NO2/c1-12-13(2)20-17(14(3)19(12)23)18(21(4,5)24-20)15-8-10-16(11-9-15)22(6)7/h8-11,18,23H,1-7H3. The predicted molar refractivity (Wildman–Crippen MR) is 99.6 cm³/mol. The molecule has 3 nitrogen and oxygen atoms in total. The Hall–Kier alpha value is -2.16. The van der Waals surface area contributed by atoms with E-state index in [0.29, 0.717) is 5.75 Å². The lowest BCUT2D eigenvalue weighted by Gasteiger charge is -2.27. The molecule has 0 saturated carbocycles. The van der Waals surface area contributed by atoms with Crippen LogP contribution in [-0.4, -0.2) is 24.8 Å². The van der Waals surface area contributed by atoms with Crippen LogP contribution in [0, 0.1) is 20.8 Å². The van der Waals surface area contributed by atoms with Gasteiger partial charge in [0.1, 0.15) is 17.1 Å². The molecule has 1 unspecified atom stereocenters. The number of anilines is 1. The smallest absolute Gasteiger partial charge is 0.127 e. The van der Waals surface area contributed by atoms with Crippen molar-refractivity contribution in [2.24, 2.45) is 0 Å². The van der Waals surface area contributed by atoms with Crippen LogP contribution in [0.1, 0.15) is 47.6 Å². The monoisotopic (exact) mass is 325 g/mol. The van der Waals surface area contributed by atoms with E-state index in [9.17, 15) is 5.11 Å². The molecule has 0 radical (unpaired) electrons. The van der Waals surface area contributed by atoms with Gasteiger partial charge in [0.25, 0.3) is 0 Å². The second-order valence-electron chi connectivity index (χ2n) is 7.59. The lowest BCUT2D eigenvalue weighted by atomic mass is 9.78. The predicted octanol–water partition coefficient (Wildman–Crippen LogP) is 4.69. The zero-order valence-corrected chi connectivity index (χ0v) is 15.7. The molecule has 2 aromatic carbocycles. The molecule has 1 heterocycles. The molecular formula is C21H27NO2. The molecule has 1 N–H and O–H groups in total. The van der Waals surface area contributed by atoms with E-state index in [2.05, 4.69) is 43.0 Å². The fourth-order valence-corrected chi connectivity index (χ4v) is 3.81. The van der Waals surface area contributed by atoms with Crippen LogP contribution in [0.5, 0.6) is 11.5 Å². The molecule has 0 aromatic heterocycles. The second-order valence-corrected chi connectivity index (χ2v) is 7.59. The van der Waals surface area contributed by atoms with Crippen LogP contribution < -0.4 is 9.64 Å². The highest BCUT2D eigenvalue weighted by Crippen LogP contribution is 2.53. The number of aromatic hydroxyl groups is 1. The molecule has 3 rings (SSSR count). The molecule has 0 spiro atoms. The molecule has 24 heavy (non-hydrogen) atoms. The highest BCUT2D eigenvalue weighted by molar-refractivity contribution is 5.64. The van der Waals surface area contributed by atoms with E-state index in [-0.39, 0.29) is 11.5 Å². The van der Waals surface area contributed by atoms with Gasteiger partial charge in [0, 0.05) is 25.3 Å². The Morgan fingerprint density at radius 1 is 0.958 bits per heavy atom. The summed E-state index contributed by atoms with van der Waals surface area (Å²) < 4.78 is 6.36. The first-order valence-corrected chi connectivity index (χ1v) is 8.44. The van der Waals surface area contributed by atoms with Crippen LogP contribution >= 0.6 is 0 Å². The molecule has 0 bridgehead atoms. The minimum absolute atomic E-state index is 0.105. The average Bonchev–Trinajstić information content (AvgIpc) is 2.82. The first kappa shape index (κ1) is 16.7. The Labute approximate surface area is 144 Å². The van der Waals surface area contributed by atoms with Gasteiger partial charge in [0.05, 0.1) is 5.92 Å². The maximum absolute atomic E-state index is 10.5. The number of rotatable bonds is 2. The molecule has 2 aromatic rings. The maximum atomic E-state index is 10.5. The minimum Gasteiger partial charge on any atom is -0.507 e. The third-order valence-electron chi connectivity index (χ3n) is 5.35. The van der Waals surface area contributed by atoms with Crippen molar-refractivity contribution < 1.29 is 9.84 Å². The average molecular weight is 325 g/mol. The summed E-state index contributed by atoms with van der Waals surface area (Å²) in [5.74, 6) is 1.44. The number of hydrogen-bond donors (Lipinski definition) is 1. The van der Waals surface area contributed by atoms with Crippen LogP contribution in [0.2, 0.25) is 0 Å². The number of fused-ring (bicyclic) bond motifs is 1. The Morgan fingerprint density at radius 2 is 1.54 bits per heavy atom. The molecule has 1 atom stereocenters. The number of ether oxygens (including phenoxy) is 1. The SMILES string of the molecule is Cc1c(C)c2c(c(C)c1O)C(c1ccc(N(C)C)cc1)C(C)(C)O2. The van der Waals surface area contributed by atoms with E-state index in [1.54, 1.807) is 0 Å². The van der Waals surface area contributed by atoms with Gasteiger partial charge in [-0.1, -0.05) is 12.1 Å². The van der Waals surface area contributed by atoms with Crippen molar-refractivity contribution in [3.63, 3.8) is 0 Å². The van der Waals surface area contributed by atoms with Gasteiger partial charge in [-0.05, 0) is 69.0 Å². The Balaban J connectivity index is 2.20. The van der Waals surface area contributed by atoms with Crippen molar-refractivity contribution in [3.05, 3.63) is 52.1 Å². The van der Waals surface area contributed by atoms with Gasteiger partial charge in [-0.25, -0.2) is 0 Å². The van der Waals surface area contributed by atoms with E-state index in [0.717, 1.165) is 28.0 Å². The van der Waals surface area contributed by atoms with Crippen molar-refractivity contribution in [1.29, 1.82) is 0 Å². The largest absolute Gasteiger partial charge is 0.507 e. The quantitative estimate of drug-likeness (QED) is 0.869. The minimum atomic E-state index is -0.349. The Morgan fingerprint density at radius 3 is 2.08 bits per heavy atom. The first-order chi connectivity index (χ1) is 11.1. The fourth-order valence-electron chi connectivity index (χ4n) is 3.81. The third-order valence-corrected chi connectivity index (χ3v) is 5.35. The van der Waals surface area contributed by atoms with E-state index in [1.807, 2.05) is 34.9 Å². The summed E-state index contributed by atoms with van der Waals surface area (Å²) in [6, 6.07) is 8.62. The van der Waals surface area contributed by atoms with Gasteiger partial charge in [0.2, 0.25) is 0 Å². The zero-order valence-electron chi connectivity index (χ0n) is 15.7. The Kier molecular flexibility index (Phi) is 3.78. The summed E-state index contributed by atoms with van der Waals surface area (Å²) in [6.07, 6.45) is 0. The van der Waals surface area contributed by atoms with Gasteiger partial charge in [-0.3, -0.25) is 0 Å². The van der Waals surface area contributed by atoms with E-state index < -0.39 is 0 Å². The van der Waals surface area contributed by atoms with Crippen LogP contribution in [-0.2, 0) is 0 Å². The van der Waals surface area contributed by atoms with Gasteiger partial charge in [-0.15, -0.1) is 0 Å². The Bertz CT molecular complexity index is 789. The highest BCUT2D eigenvalue weighted by atomic mass is 16.5. The van der Waals surface area contributed by atoms with Crippen LogP contribution in [0.3, 0.4) is 0 Å². The summed E-state index contributed by atoms with van der Waals surface area (Å²) in [5, 5.41) is 10.5. The number of phenols is 1. The summed E-state index contributed by atoms with van der Waals surface area (Å²) in [6.45, 7) is 10.2. The normalized spacial score (nSPS) is 18.2. The molecule has 0 aliphatic carbocycles. The third kappa shape index (κ3) is 2.34. The van der Waals surface area contributed by atoms with Crippen molar-refractivity contribution in [2.45, 2.75) is 46.1 Å². The first-order valence-electron chi connectivity index (χ1n) is 8.44. The second kappa shape index (κ2) is 5.44. The van der Waals surface area contributed by atoms with Crippen molar-refractivity contribution in [2.75, 3.05) is 19.0 Å². The summed E-state index contributed by atoms with van der Waals surface area (Å²) >= 11 is 0. The molecule has 1 aliphatic rings. The molecule has 0 fully saturated rings. The lowest BCUT2D eigenvalue weighted by Crippen LogP contribution is -2.31. The number of hydrogen-bond acceptors (Lipinski definition) is 3. The molecule has 128 valence electrons. The van der Waals surface area contributed by atoms with E-state index in [4.69, 9.17) is 4.74 Å². The van der Waals surface area contributed by atoms with Gasteiger partial charge >= 0.3 is 0 Å². The van der Waals surface area contributed by atoms with Crippen molar-refractivity contribution in [3.8, 4) is 11.5 Å². The molecule has 1 aliphatic heterocycles. The molecule has 0 amide bonds. The molecule has 3 heteroatoms. The summed E-state index contributed by atoms with van der Waals surface area (Å²) in [7, 11) is 4.09. The number of phenolic OH excluding ortho intramolecular Hbond substituents is 1. The number of benzene rings is 2. The van der Waals surface area contributed by atoms with Crippen LogP contribution in [0.25, 0.3) is 0 Å².